The number of carbonyl (C=O) groups is 2. The number of aliphatic hydroxyl groups excluding tert-OH is 2. The highest BCUT2D eigenvalue weighted by Crippen LogP contribution is 2.64. The van der Waals surface area contributed by atoms with Crippen LogP contribution in [-0.4, -0.2) is 59.7 Å². The minimum Gasteiger partial charge on any atom is -0.467 e. The Morgan fingerprint density at radius 3 is 2.63 bits per heavy atom. The third-order valence-corrected chi connectivity index (χ3v) is 9.02. The summed E-state index contributed by atoms with van der Waals surface area (Å²) in [5.74, 6) is -3.07. The first-order valence-corrected chi connectivity index (χ1v) is 13.4. The Morgan fingerprint density at radius 1 is 1.21 bits per heavy atom. The molecule has 1 amide bonds. The molecule has 2 aliphatic heterocycles. The lowest BCUT2D eigenvalue weighted by Crippen LogP contribution is -2.61. The van der Waals surface area contributed by atoms with Crippen LogP contribution in [0.15, 0.2) is 36.4 Å². The van der Waals surface area contributed by atoms with E-state index in [1.54, 1.807) is 24.3 Å². The van der Waals surface area contributed by atoms with E-state index >= 15 is 4.39 Å². The van der Waals surface area contributed by atoms with Gasteiger partial charge in [-0.3, -0.25) is 10.1 Å². The van der Waals surface area contributed by atoms with E-state index in [2.05, 4.69) is 16.0 Å². The van der Waals surface area contributed by atoms with E-state index in [1.807, 2.05) is 6.07 Å². The van der Waals surface area contributed by atoms with Crippen LogP contribution in [0.25, 0.3) is 0 Å². The van der Waals surface area contributed by atoms with Gasteiger partial charge in [-0.25, -0.2) is 9.18 Å². The number of fused-ring (bicyclic) bond motifs is 3. The fourth-order valence-electron chi connectivity index (χ4n) is 7.02. The van der Waals surface area contributed by atoms with Gasteiger partial charge in [-0.15, -0.1) is 0 Å². The van der Waals surface area contributed by atoms with E-state index in [4.69, 9.17) is 27.9 Å². The van der Waals surface area contributed by atoms with Gasteiger partial charge in [0.25, 0.3) is 0 Å². The Labute approximate surface area is 229 Å². The highest BCUT2D eigenvalue weighted by Gasteiger charge is 2.71. The van der Waals surface area contributed by atoms with Crippen LogP contribution in [-0.2, 0) is 19.7 Å². The first kappa shape index (κ1) is 27.1. The third-order valence-electron chi connectivity index (χ3n) is 8.49. The molecule has 204 valence electrons. The fraction of sp³-hybridized carbons (Fsp3) is 0.481. The first-order valence-electron chi connectivity index (χ1n) is 12.7. The molecule has 2 aromatic carbocycles. The molecule has 1 saturated carbocycles. The van der Waals surface area contributed by atoms with Crippen LogP contribution in [0.3, 0.4) is 0 Å². The van der Waals surface area contributed by atoms with E-state index in [1.165, 1.54) is 6.07 Å². The van der Waals surface area contributed by atoms with Gasteiger partial charge in [-0.2, -0.15) is 0 Å². The average Bonchev–Trinajstić information content (AvgIpc) is 3.36. The van der Waals surface area contributed by atoms with Gasteiger partial charge in [0.15, 0.2) is 6.04 Å². The molecule has 2 spiro atoms. The van der Waals surface area contributed by atoms with Crippen molar-refractivity contribution in [2.75, 3.05) is 19.0 Å². The lowest BCUT2D eigenvalue weighted by Gasteiger charge is -2.50. The normalized spacial score (nSPS) is 28.1. The monoisotopic (exact) mass is 565 g/mol. The molecule has 0 radical (unpaired) electrons. The average molecular weight is 566 g/mol. The Bertz CT molecular complexity index is 1260. The summed E-state index contributed by atoms with van der Waals surface area (Å²) in [6, 6.07) is 7.46. The first-order chi connectivity index (χ1) is 18.2. The number of methoxy groups -OCH3 is 1. The van der Waals surface area contributed by atoms with E-state index in [9.17, 15) is 19.8 Å². The smallest absolute Gasteiger partial charge is 0.330 e. The maximum absolute atomic E-state index is 15.8. The minimum atomic E-state index is -1.31. The second-order valence-corrected chi connectivity index (χ2v) is 11.1. The van der Waals surface area contributed by atoms with Crippen LogP contribution in [0.4, 0.5) is 10.1 Å². The zero-order chi connectivity index (χ0) is 27.2. The molecule has 2 fully saturated rings. The quantitative estimate of drug-likeness (QED) is 0.353. The standard InChI is InChI=1S/C27H30Cl2FN3O5/c1-38-24(36)19(13-34)31-23(35)22-20(15-6-5-7-17(29)21(15)30)27(26(33-22)10-3-2-4-11-26)16-9-8-14(28)12-18(16)32-25(27)37/h5-9,12,19-20,22,25,32-34,37H,2-4,10-11,13H2,1H3,(H,31,35)/t19?,20?,22-,25?,27-/m1/s1. The molecule has 3 unspecified atom stereocenters. The topological polar surface area (TPSA) is 120 Å². The fourth-order valence-corrected chi connectivity index (χ4v) is 7.38. The molecule has 0 aromatic heterocycles. The maximum Gasteiger partial charge on any atom is 0.330 e. The van der Waals surface area contributed by atoms with Gasteiger partial charge in [0.1, 0.15) is 12.0 Å². The van der Waals surface area contributed by atoms with Crippen molar-refractivity contribution in [1.29, 1.82) is 0 Å². The molecular formula is C27H30Cl2FN3O5. The summed E-state index contributed by atoms with van der Waals surface area (Å²) in [7, 11) is 1.16. The van der Waals surface area contributed by atoms with Crippen molar-refractivity contribution >= 4 is 40.8 Å². The van der Waals surface area contributed by atoms with Crippen LogP contribution in [0.2, 0.25) is 10.0 Å². The van der Waals surface area contributed by atoms with E-state index in [-0.39, 0.29) is 10.6 Å². The van der Waals surface area contributed by atoms with Gasteiger partial charge in [-0.05, 0) is 42.2 Å². The minimum absolute atomic E-state index is 0.110. The Hall–Kier alpha value is -2.43. The maximum atomic E-state index is 15.8. The molecule has 5 rings (SSSR count). The SMILES string of the molecule is COC(=O)C(CO)NC(=O)[C@@H]1NC2(CCCCC2)[C@]2(c3ccc(Cl)cc3NC2O)C1c1cccc(Cl)c1F. The number of benzene rings is 2. The van der Waals surface area contributed by atoms with Crippen molar-refractivity contribution in [2.24, 2.45) is 0 Å². The number of anilines is 1. The zero-order valence-electron chi connectivity index (χ0n) is 20.8. The Kier molecular flexibility index (Phi) is 7.34. The molecular weight excluding hydrogens is 536 g/mol. The van der Waals surface area contributed by atoms with Crippen LogP contribution in [0.1, 0.15) is 49.1 Å². The van der Waals surface area contributed by atoms with Crippen molar-refractivity contribution < 1.29 is 28.9 Å². The van der Waals surface area contributed by atoms with Crippen molar-refractivity contribution in [2.45, 2.75) is 67.3 Å². The molecule has 1 saturated heterocycles. The number of nitrogens with one attached hydrogen (secondary N) is 3. The number of esters is 1. The second-order valence-electron chi connectivity index (χ2n) is 10.3. The Balaban J connectivity index is 1.75. The molecule has 8 nitrogen and oxygen atoms in total. The Morgan fingerprint density at radius 2 is 1.95 bits per heavy atom. The lowest BCUT2D eigenvalue weighted by molar-refractivity contribution is -0.146. The highest BCUT2D eigenvalue weighted by atomic mass is 35.5. The van der Waals surface area contributed by atoms with Crippen molar-refractivity contribution in [3.05, 3.63) is 63.4 Å². The number of amides is 1. The van der Waals surface area contributed by atoms with Gasteiger partial charge >= 0.3 is 5.97 Å². The van der Waals surface area contributed by atoms with E-state index in [0.717, 1.165) is 31.9 Å². The van der Waals surface area contributed by atoms with Gasteiger partial charge in [0.05, 0.1) is 30.2 Å². The van der Waals surface area contributed by atoms with Crippen molar-refractivity contribution in [3.8, 4) is 0 Å². The summed E-state index contributed by atoms with van der Waals surface area (Å²) < 4.78 is 20.5. The molecule has 2 aromatic rings. The number of rotatable bonds is 5. The van der Waals surface area contributed by atoms with Crippen molar-refractivity contribution in [1.82, 2.24) is 10.6 Å². The van der Waals surface area contributed by atoms with Crippen molar-refractivity contribution in [3.63, 3.8) is 0 Å². The molecule has 38 heavy (non-hydrogen) atoms. The molecule has 1 aliphatic carbocycles. The summed E-state index contributed by atoms with van der Waals surface area (Å²) in [5.41, 5.74) is -0.517. The number of aliphatic hydroxyl groups is 2. The lowest BCUT2D eigenvalue weighted by atomic mass is 9.55. The predicted octanol–water partition coefficient (Wildman–Crippen LogP) is 3.22. The highest BCUT2D eigenvalue weighted by molar-refractivity contribution is 6.31. The number of ether oxygens (including phenoxy) is 1. The summed E-state index contributed by atoms with van der Waals surface area (Å²) in [4.78, 5) is 26.1. The molecule has 3 aliphatic rings. The van der Waals surface area contributed by atoms with Gasteiger partial charge in [0.2, 0.25) is 5.91 Å². The van der Waals surface area contributed by atoms with Crippen LogP contribution >= 0.6 is 23.2 Å². The third kappa shape index (κ3) is 3.98. The molecule has 5 atom stereocenters. The van der Waals surface area contributed by atoms with Crippen LogP contribution in [0.5, 0.6) is 0 Å². The van der Waals surface area contributed by atoms with Gasteiger partial charge in [-0.1, -0.05) is 60.7 Å². The summed E-state index contributed by atoms with van der Waals surface area (Å²) in [6.45, 7) is -0.677. The zero-order valence-corrected chi connectivity index (χ0v) is 22.3. The van der Waals surface area contributed by atoms with Crippen LogP contribution in [0, 0.1) is 5.82 Å². The molecule has 5 N–H and O–H groups in total. The van der Waals surface area contributed by atoms with Gasteiger partial charge in [0, 0.05) is 22.2 Å². The second kappa shape index (κ2) is 10.3. The summed E-state index contributed by atoms with van der Waals surface area (Å²) in [6.07, 6.45) is 2.71. The number of hydrogen-bond acceptors (Lipinski definition) is 7. The van der Waals surface area contributed by atoms with E-state index < -0.39 is 59.5 Å². The number of carbonyl (C=O) groups excluding carboxylic acids is 2. The molecule has 2 heterocycles. The molecule has 0 bridgehead atoms. The van der Waals surface area contributed by atoms with Gasteiger partial charge < -0.3 is 25.6 Å². The summed E-state index contributed by atoms with van der Waals surface area (Å²) >= 11 is 12.5. The summed E-state index contributed by atoms with van der Waals surface area (Å²) in [5, 5.41) is 31.2. The number of halogens is 3. The largest absolute Gasteiger partial charge is 0.467 e. The van der Waals surface area contributed by atoms with E-state index in [0.29, 0.717) is 23.6 Å². The number of hydrogen-bond donors (Lipinski definition) is 5. The molecule has 11 heteroatoms. The predicted molar refractivity (Wildman–Crippen MR) is 141 cm³/mol. The van der Waals surface area contributed by atoms with Crippen LogP contribution < -0.4 is 16.0 Å².